The largest absolute Gasteiger partial charge is 0.449 e. The van der Waals surface area contributed by atoms with Gasteiger partial charge in [0, 0.05) is 24.4 Å². The Morgan fingerprint density at radius 2 is 1.41 bits per heavy atom. The van der Waals surface area contributed by atoms with Crippen LogP contribution in [0.5, 0.6) is 0 Å². The number of rotatable bonds is 6. The summed E-state index contributed by atoms with van der Waals surface area (Å²) in [6, 6.07) is 23.1. The van der Waals surface area contributed by atoms with Crippen LogP contribution in [0, 0.1) is 11.8 Å². The molecule has 0 radical (unpaired) electrons. The molecular formula is C31H33NO2. The zero-order valence-electron chi connectivity index (χ0n) is 20.5. The predicted molar refractivity (Wildman–Crippen MR) is 139 cm³/mol. The third kappa shape index (κ3) is 5.02. The molecule has 4 rings (SSSR count). The van der Waals surface area contributed by atoms with Crippen molar-refractivity contribution in [2.75, 3.05) is 13.2 Å². The van der Waals surface area contributed by atoms with Gasteiger partial charge in [0.15, 0.2) is 0 Å². The molecule has 0 atom stereocenters. The van der Waals surface area contributed by atoms with E-state index in [0.29, 0.717) is 31.4 Å². The minimum absolute atomic E-state index is 0.0694. The van der Waals surface area contributed by atoms with Crippen LogP contribution in [0.1, 0.15) is 79.7 Å². The summed E-state index contributed by atoms with van der Waals surface area (Å²) in [6.45, 7) is 9.58. The molecular weight excluding hydrogens is 418 g/mol. The maximum absolute atomic E-state index is 12.4. The first-order chi connectivity index (χ1) is 16.5. The Balaban J connectivity index is 1.33. The van der Waals surface area contributed by atoms with Crippen LogP contribution in [0.2, 0.25) is 0 Å². The van der Waals surface area contributed by atoms with E-state index in [1.165, 1.54) is 33.4 Å². The minimum atomic E-state index is -0.394. The molecule has 3 nitrogen and oxygen atoms in total. The summed E-state index contributed by atoms with van der Waals surface area (Å²) in [5, 5.41) is 2.85. The highest BCUT2D eigenvalue weighted by molar-refractivity contribution is 5.79. The van der Waals surface area contributed by atoms with Gasteiger partial charge < -0.3 is 10.1 Å². The SMILES string of the molecule is CC(C)c1cccc(C(C)C)c1C#CCCNC(=O)OCC1c2ccccc2-c2ccccc21. The monoisotopic (exact) mass is 451 g/mol. The normalized spacial score (nSPS) is 12.2. The molecule has 3 aromatic rings. The lowest BCUT2D eigenvalue weighted by atomic mass is 9.89. The van der Waals surface area contributed by atoms with E-state index in [1.54, 1.807) is 0 Å². The number of fused-ring (bicyclic) bond motifs is 3. The third-order valence-corrected chi connectivity index (χ3v) is 6.45. The molecule has 174 valence electrons. The quantitative estimate of drug-likeness (QED) is 0.317. The van der Waals surface area contributed by atoms with Crippen molar-refractivity contribution in [3.8, 4) is 23.0 Å². The molecule has 0 heterocycles. The minimum Gasteiger partial charge on any atom is -0.449 e. The fourth-order valence-corrected chi connectivity index (χ4v) is 4.72. The molecule has 3 aromatic carbocycles. The molecule has 34 heavy (non-hydrogen) atoms. The second kappa shape index (κ2) is 10.6. The Morgan fingerprint density at radius 3 is 1.97 bits per heavy atom. The summed E-state index contributed by atoms with van der Waals surface area (Å²) >= 11 is 0. The van der Waals surface area contributed by atoms with Crippen molar-refractivity contribution >= 4 is 6.09 Å². The van der Waals surface area contributed by atoms with E-state index in [1.807, 2.05) is 12.1 Å². The lowest BCUT2D eigenvalue weighted by Gasteiger charge is -2.15. The molecule has 0 bridgehead atoms. The van der Waals surface area contributed by atoms with Crippen LogP contribution in [0.4, 0.5) is 4.79 Å². The number of hydrogen-bond donors (Lipinski definition) is 1. The summed E-state index contributed by atoms with van der Waals surface area (Å²) in [7, 11) is 0. The second-order valence-corrected chi connectivity index (χ2v) is 9.42. The van der Waals surface area contributed by atoms with E-state index >= 15 is 0 Å². The molecule has 1 amide bonds. The molecule has 0 unspecified atom stereocenters. The summed E-state index contributed by atoms with van der Waals surface area (Å²) in [5.74, 6) is 7.53. The number of amides is 1. The molecule has 0 spiro atoms. The molecule has 0 saturated carbocycles. The molecule has 3 heteroatoms. The average molecular weight is 452 g/mol. The van der Waals surface area contributed by atoms with E-state index < -0.39 is 6.09 Å². The van der Waals surface area contributed by atoms with E-state index in [-0.39, 0.29) is 5.92 Å². The molecule has 1 aliphatic rings. The van der Waals surface area contributed by atoms with E-state index in [2.05, 4.69) is 99.4 Å². The highest BCUT2D eigenvalue weighted by atomic mass is 16.5. The van der Waals surface area contributed by atoms with Crippen LogP contribution in [0.3, 0.4) is 0 Å². The average Bonchev–Trinajstić information content (AvgIpc) is 3.16. The van der Waals surface area contributed by atoms with Gasteiger partial charge in [-0.25, -0.2) is 4.79 Å². The van der Waals surface area contributed by atoms with Crippen LogP contribution < -0.4 is 5.32 Å². The van der Waals surface area contributed by atoms with Gasteiger partial charge in [0.25, 0.3) is 0 Å². The Bertz CT molecular complexity index is 1160. The van der Waals surface area contributed by atoms with Crippen LogP contribution in [0.25, 0.3) is 11.1 Å². The van der Waals surface area contributed by atoms with Gasteiger partial charge in [-0.1, -0.05) is 106 Å². The number of alkyl carbamates (subject to hydrolysis) is 1. The smallest absolute Gasteiger partial charge is 0.407 e. The van der Waals surface area contributed by atoms with Crippen LogP contribution in [-0.2, 0) is 4.74 Å². The Kier molecular flexibility index (Phi) is 7.38. The summed E-state index contributed by atoms with van der Waals surface area (Å²) in [4.78, 5) is 12.4. The van der Waals surface area contributed by atoms with Crippen molar-refractivity contribution in [3.05, 3.63) is 94.5 Å². The van der Waals surface area contributed by atoms with E-state index in [0.717, 1.165) is 5.56 Å². The number of benzene rings is 3. The Hall–Kier alpha value is -3.51. The number of ether oxygens (including phenoxy) is 1. The summed E-state index contributed by atoms with van der Waals surface area (Å²) < 4.78 is 5.61. The number of nitrogens with one attached hydrogen (secondary N) is 1. The number of carbonyl (C=O) groups excluding carboxylic acids is 1. The summed E-state index contributed by atoms with van der Waals surface area (Å²) in [5.41, 5.74) is 8.58. The van der Waals surface area contributed by atoms with Crippen molar-refractivity contribution in [2.45, 2.75) is 51.9 Å². The van der Waals surface area contributed by atoms with Crippen molar-refractivity contribution in [1.29, 1.82) is 0 Å². The van der Waals surface area contributed by atoms with Gasteiger partial charge in [-0.2, -0.15) is 0 Å². The van der Waals surface area contributed by atoms with Crippen LogP contribution in [0.15, 0.2) is 66.7 Å². The van der Waals surface area contributed by atoms with E-state index in [4.69, 9.17) is 4.74 Å². The standard InChI is InChI=1S/C31H33NO2/c1-21(2)23-17-11-18-24(22(3)4)25(23)16-9-10-19-32-31(33)34-20-30-28-14-7-5-12-26(28)27-13-6-8-15-29(27)30/h5-8,11-15,17-18,21-22,30H,10,19-20H2,1-4H3,(H,32,33). The molecule has 0 aliphatic heterocycles. The first kappa shape index (κ1) is 23.6. The maximum Gasteiger partial charge on any atom is 0.407 e. The van der Waals surface area contributed by atoms with Crippen molar-refractivity contribution in [3.63, 3.8) is 0 Å². The van der Waals surface area contributed by atoms with Crippen molar-refractivity contribution in [1.82, 2.24) is 5.32 Å². The van der Waals surface area contributed by atoms with Gasteiger partial charge >= 0.3 is 6.09 Å². The number of carbonyl (C=O) groups is 1. The fourth-order valence-electron chi connectivity index (χ4n) is 4.72. The van der Waals surface area contributed by atoms with Gasteiger partial charge in [0.1, 0.15) is 6.61 Å². The molecule has 0 saturated heterocycles. The Morgan fingerprint density at radius 1 is 0.853 bits per heavy atom. The zero-order chi connectivity index (χ0) is 24.1. The molecule has 1 N–H and O–H groups in total. The first-order valence-corrected chi connectivity index (χ1v) is 12.2. The zero-order valence-corrected chi connectivity index (χ0v) is 20.5. The lowest BCUT2D eigenvalue weighted by Crippen LogP contribution is -2.26. The molecule has 1 aliphatic carbocycles. The highest BCUT2D eigenvalue weighted by Crippen LogP contribution is 2.44. The fraction of sp³-hybridized carbons (Fsp3) is 0.323. The van der Waals surface area contributed by atoms with Crippen LogP contribution >= 0.6 is 0 Å². The number of hydrogen-bond acceptors (Lipinski definition) is 2. The molecule has 0 aromatic heterocycles. The predicted octanol–water partition coefficient (Wildman–Crippen LogP) is 7.21. The Labute approximate surface area is 203 Å². The van der Waals surface area contributed by atoms with Gasteiger partial charge in [0.05, 0.1) is 0 Å². The van der Waals surface area contributed by atoms with Crippen LogP contribution in [-0.4, -0.2) is 19.2 Å². The van der Waals surface area contributed by atoms with Gasteiger partial charge in [0.2, 0.25) is 0 Å². The van der Waals surface area contributed by atoms with Crippen molar-refractivity contribution in [2.24, 2.45) is 0 Å². The highest BCUT2D eigenvalue weighted by Gasteiger charge is 2.28. The first-order valence-electron chi connectivity index (χ1n) is 12.2. The lowest BCUT2D eigenvalue weighted by molar-refractivity contribution is 0.143. The maximum atomic E-state index is 12.4. The summed E-state index contributed by atoms with van der Waals surface area (Å²) in [6.07, 6.45) is 0.183. The van der Waals surface area contributed by atoms with Gasteiger partial charge in [-0.15, -0.1) is 0 Å². The second-order valence-electron chi connectivity index (χ2n) is 9.42. The van der Waals surface area contributed by atoms with Crippen molar-refractivity contribution < 1.29 is 9.53 Å². The topological polar surface area (TPSA) is 38.3 Å². The van der Waals surface area contributed by atoms with Gasteiger partial charge in [-0.05, 0) is 45.2 Å². The van der Waals surface area contributed by atoms with E-state index in [9.17, 15) is 4.79 Å². The molecule has 0 fully saturated rings. The van der Waals surface area contributed by atoms with Gasteiger partial charge in [-0.3, -0.25) is 0 Å². The third-order valence-electron chi connectivity index (χ3n) is 6.45.